The summed E-state index contributed by atoms with van der Waals surface area (Å²) in [5.41, 5.74) is 14.5. The highest BCUT2D eigenvalue weighted by molar-refractivity contribution is 6.30. The van der Waals surface area contributed by atoms with Crippen molar-refractivity contribution in [2.45, 2.75) is 58.0 Å². The van der Waals surface area contributed by atoms with Crippen LogP contribution in [0.3, 0.4) is 0 Å². The number of ether oxygens (including phenoxy) is 3. The molecule has 2 atom stereocenters. The van der Waals surface area contributed by atoms with Gasteiger partial charge in [0.2, 0.25) is 11.9 Å². The number of carbonyl (C=O) groups excluding carboxylic acids is 1. The van der Waals surface area contributed by atoms with E-state index in [2.05, 4.69) is 15.0 Å². The number of methoxy groups -OCH3 is 1. The summed E-state index contributed by atoms with van der Waals surface area (Å²) in [6, 6.07) is 0. The fourth-order valence-corrected chi connectivity index (χ4v) is 4.79. The van der Waals surface area contributed by atoms with Crippen LogP contribution in [0.25, 0.3) is 0 Å². The molecule has 2 aromatic heterocycles. The smallest absolute Gasteiger partial charge is 0.223 e. The number of hydrogen-bond donors (Lipinski definition) is 2. The molecule has 4 N–H and O–H groups in total. The Labute approximate surface area is 197 Å². The van der Waals surface area contributed by atoms with E-state index in [1.54, 1.807) is 13.3 Å². The zero-order valence-corrected chi connectivity index (χ0v) is 19.6. The Morgan fingerprint density at radius 3 is 2.88 bits per heavy atom. The van der Waals surface area contributed by atoms with Crippen molar-refractivity contribution in [2.24, 2.45) is 5.73 Å². The molecule has 0 saturated carbocycles. The van der Waals surface area contributed by atoms with Crippen LogP contribution >= 0.6 is 11.6 Å². The molecule has 0 bridgehead atoms. The Balaban J connectivity index is 1.56. The van der Waals surface area contributed by atoms with Crippen LogP contribution in [0, 0.1) is 6.92 Å². The molecule has 1 amide bonds. The summed E-state index contributed by atoms with van der Waals surface area (Å²) >= 11 is 6.35. The number of amides is 1. The molecule has 0 radical (unpaired) electrons. The highest BCUT2D eigenvalue weighted by atomic mass is 35.5. The molecular formula is C22H29ClN6O4. The van der Waals surface area contributed by atoms with Gasteiger partial charge < -0.3 is 30.6 Å². The van der Waals surface area contributed by atoms with E-state index in [1.165, 1.54) is 0 Å². The van der Waals surface area contributed by atoms with E-state index in [0.717, 1.165) is 48.4 Å². The number of rotatable bonds is 8. The van der Waals surface area contributed by atoms with Crippen LogP contribution in [0.4, 0.5) is 11.8 Å². The van der Waals surface area contributed by atoms with E-state index in [4.69, 9.17) is 37.3 Å². The Kier molecular flexibility index (Phi) is 7.16. The van der Waals surface area contributed by atoms with E-state index in [0.29, 0.717) is 31.1 Å². The second-order valence-corrected chi connectivity index (χ2v) is 8.71. The van der Waals surface area contributed by atoms with E-state index in [9.17, 15) is 4.79 Å². The summed E-state index contributed by atoms with van der Waals surface area (Å²) in [5.74, 6) is 0.770. The SMILES string of the molecule is COc1c(COC2CCCCO2)cnc(CN2CC(CC(N)=O)c3c(Cl)nc(N)nc32)c1C. The number of primary amides is 1. The molecule has 10 nitrogen and oxygen atoms in total. The number of carbonyl (C=O) groups is 1. The number of aromatic nitrogens is 3. The van der Waals surface area contributed by atoms with Gasteiger partial charge in [-0.25, -0.2) is 4.98 Å². The number of anilines is 2. The first-order valence-electron chi connectivity index (χ1n) is 11.0. The van der Waals surface area contributed by atoms with Crippen LogP contribution in [0.1, 0.15) is 54.0 Å². The molecule has 4 heterocycles. The monoisotopic (exact) mass is 476 g/mol. The third-order valence-electron chi connectivity index (χ3n) is 6.04. The summed E-state index contributed by atoms with van der Waals surface area (Å²) in [4.78, 5) is 26.7. The Bertz CT molecular complexity index is 1030. The molecule has 178 valence electrons. The van der Waals surface area contributed by atoms with Gasteiger partial charge in [0.25, 0.3) is 0 Å². The molecule has 4 rings (SSSR count). The van der Waals surface area contributed by atoms with Gasteiger partial charge in [-0.2, -0.15) is 4.98 Å². The number of nitrogens with two attached hydrogens (primary N) is 2. The lowest BCUT2D eigenvalue weighted by Gasteiger charge is -2.24. The van der Waals surface area contributed by atoms with Crippen LogP contribution in [-0.2, 0) is 27.4 Å². The molecule has 1 saturated heterocycles. The molecule has 11 heteroatoms. The lowest BCUT2D eigenvalue weighted by molar-refractivity contribution is -0.169. The molecule has 0 aliphatic carbocycles. The molecule has 2 aromatic rings. The third kappa shape index (κ3) is 5.13. The summed E-state index contributed by atoms with van der Waals surface area (Å²) in [6.07, 6.45) is 4.78. The lowest BCUT2D eigenvalue weighted by atomic mass is 10.0. The van der Waals surface area contributed by atoms with Gasteiger partial charge in [-0.15, -0.1) is 0 Å². The van der Waals surface area contributed by atoms with Crippen molar-refractivity contribution in [3.8, 4) is 5.75 Å². The quantitative estimate of drug-likeness (QED) is 0.550. The summed E-state index contributed by atoms with van der Waals surface area (Å²) in [7, 11) is 1.63. The molecule has 0 aromatic carbocycles. The maximum atomic E-state index is 11.6. The summed E-state index contributed by atoms with van der Waals surface area (Å²) in [6.45, 7) is 3.98. The minimum Gasteiger partial charge on any atom is -0.496 e. The molecule has 2 aliphatic heterocycles. The number of nitrogens with zero attached hydrogens (tertiary/aromatic N) is 4. The Morgan fingerprint density at radius 1 is 1.36 bits per heavy atom. The number of halogens is 1. The van der Waals surface area contributed by atoms with Crippen molar-refractivity contribution < 1.29 is 19.0 Å². The van der Waals surface area contributed by atoms with Crippen LogP contribution in [0.5, 0.6) is 5.75 Å². The maximum absolute atomic E-state index is 11.6. The fraction of sp³-hybridized carbons (Fsp3) is 0.545. The summed E-state index contributed by atoms with van der Waals surface area (Å²) in [5, 5.41) is 0.242. The minimum atomic E-state index is -0.414. The molecule has 0 spiro atoms. The third-order valence-corrected chi connectivity index (χ3v) is 6.33. The minimum absolute atomic E-state index is 0.0724. The van der Waals surface area contributed by atoms with E-state index >= 15 is 0 Å². The second kappa shape index (κ2) is 10.1. The van der Waals surface area contributed by atoms with Gasteiger partial charge in [0.1, 0.15) is 16.7 Å². The Hall–Kier alpha value is -2.69. The van der Waals surface area contributed by atoms with Gasteiger partial charge in [0.05, 0.1) is 26.0 Å². The second-order valence-electron chi connectivity index (χ2n) is 8.35. The van der Waals surface area contributed by atoms with Crippen molar-refractivity contribution in [2.75, 3.05) is 30.9 Å². The fourth-order valence-electron chi connectivity index (χ4n) is 4.47. The topological polar surface area (TPSA) is 139 Å². The number of fused-ring (bicyclic) bond motifs is 1. The Morgan fingerprint density at radius 2 is 2.18 bits per heavy atom. The molecule has 33 heavy (non-hydrogen) atoms. The predicted molar refractivity (Wildman–Crippen MR) is 123 cm³/mol. The van der Waals surface area contributed by atoms with Gasteiger partial charge in [0.15, 0.2) is 6.29 Å². The zero-order chi connectivity index (χ0) is 23.5. The maximum Gasteiger partial charge on any atom is 0.223 e. The van der Waals surface area contributed by atoms with Crippen LogP contribution < -0.4 is 21.1 Å². The van der Waals surface area contributed by atoms with Crippen molar-refractivity contribution in [3.05, 3.63) is 33.7 Å². The van der Waals surface area contributed by atoms with Crippen molar-refractivity contribution in [3.63, 3.8) is 0 Å². The first-order valence-corrected chi connectivity index (χ1v) is 11.4. The van der Waals surface area contributed by atoms with Crippen molar-refractivity contribution in [1.82, 2.24) is 15.0 Å². The van der Waals surface area contributed by atoms with Gasteiger partial charge in [-0.3, -0.25) is 9.78 Å². The molecule has 2 aliphatic rings. The first kappa shape index (κ1) is 23.5. The van der Waals surface area contributed by atoms with Crippen molar-refractivity contribution in [1.29, 1.82) is 0 Å². The highest BCUT2D eigenvalue weighted by Crippen LogP contribution is 2.41. The molecule has 2 unspecified atom stereocenters. The average molecular weight is 477 g/mol. The zero-order valence-electron chi connectivity index (χ0n) is 18.8. The lowest BCUT2D eigenvalue weighted by Crippen LogP contribution is -2.25. The van der Waals surface area contributed by atoms with E-state index in [-0.39, 0.29) is 29.7 Å². The first-order chi connectivity index (χ1) is 15.9. The van der Waals surface area contributed by atoms with Crippen LogP contribution in [-0.4, -0.2) is 47.4 Å². The standard InChI is InChI=1S/C22H29ClN6O4/c1-12-15(26-8-14(19(12)31-2)11-33-17-5-3-4-6-32-17)10-29-9-13(7-16(24)30)18-20(23)27-22(25)28-21(18)29/h8,13,17H,3-7,9-11H2,1-2H3,(H2,24,30)(H2,25,27,28). The number of pyridine rings is 1. The van der Waals surface area contributed by atoms with Crippen LogP contribution in [0.2, 0.25) is 5.15 Å². The largest absolute Gasteiger partial charge is 0.496 e. The molecule has 1 fully saturated rings. The van der Waals surface area contributed by atoms with Crippen LogP contribution in [0.15, 0.2) is 6.20 Å². The highest BCUT2D eigenvalue weighted by Gasteiger charge is 2.35. The van der Waals surface area contributed by atoms with E-state index in [1.807, 2.05) is 11.8 Å². The van der Waals surface area contributed by atoms with Gasteiger partial charge in [-0.05, 0) is 26.2 Å². The predicted octanol–water partition coefficient (Wildman–Crippen LogP) is 2.45. The summed E-state index contributed by atoms with van der Waals surface area (Å²) < 4.78 is 17.3. The average Bonchev–Trinajstić information content (AvgIpc) is 3.11. The van der Waals surface area contributed by atoms with Crippen molar-refractivity contribution >= 4 is 29.3 Å². The normalized spacial score (nSPS) is 20.0. The molecular weight excluding hydrogens is 448 g/mol. The van der Waals surface area contributed by atoms with E-state index < -0.39 is 5.91 Å². The van der Waals surface area contributed by atoms with Gasteiger partial charge >= 0.3 is 0 Å². The van der Waals surface area contributed by atoms with Gasteiger partial charge in [-0.1, -0.05) is 11.6 Å². The van der Waals surface area contributed by atoms with Gasteiger partial charge in [0, 0.05) is 48.4 Å². The number of nitrogen functional groups attached to an aromatic ring is 1. The number of hydrogen-bond acceptors (Lipinski definition) is 9.